The Labute approximate surface area is 430 Å². The van der Waals surface area contributed by atoms with Gasteiger partial charge in [-0.1, -0.05) is 187 Å². The summed E-state index contributed by atoms with van der Waals surface area (Å²) in [6.07, 6.45) is 22.7. The molecule has 1 fully saturated rings. The largest absolute Gasteiger partial charge is 0.464 e. The summed E-state index contributed by atoms with van der Waals surface area (Å²) in [6, 6.07) is 12.6. The Hall–Kier alpha value is -4.55. The fourth-order valence-electron chi connectivity index (χ4n) is 9.10. The minimum absolute atomic E-state index is 0.0505. The number of nitrogens with one attached hydrogen (secondary N) is 1. The van der Waals surface area contributed by atoms with E-state index >= 15 is 0 Å². The predicted molar refractivity (Wildman–Crippen MR) is 280 cm³/mol. The SMILES string of the molecule is CCCCCCCCCCCCCC(=O)O[C@H]1[C@@H](OC(=O)CCCCCCCCCCCCC)[C@](C#N)(c2ccc3c(N)ncnn23)O[C@@H]1COP(=O)(N[C@H](C)C(=O)OCC(CC)CC)Oc1ccccc1. The van der Waals surface area contributed by atoms with E-state index in [1.807, 2.05) is 13.8 Å². The van der Waals surface area contributed by atoms with E-state index in [1.165, 1.54) is 94.8 Å². The standard InChI is InChI=1S/C55H87N6O10P/c1-6-10-12-14-16-18-20-22-24-26-31-35-49(62)68-51-47(40-67-72(65,71-45-33-29-28-30-34-45)60-43(5)54(64)66-39-44(8-3)9-4)70-55(41-56,48-38-37-46-53(57)58-42-59-61(46)48)52(51)69-50(63)36-32-27-25-23-21-19-17-15-13-11-7-2/h28-30,33-34,37-38,42-44,47,51-52H,6-27,31-32,35-36,39-40H2,1-5H3,(H,60,65)(H2,57,58,59)/t43-,47-,51-,52-,55+,72?/m1/s1. The summed E-state index contributed by atoms with van der Waals surface area (Å²) < 4.78 is 53.1. The zero-order valence-corrected chi connectivity index (χ0v) is 45.1. The van der Waals surface area contributed by atoms with Crippen molar-refractivity contribution in [3.05, 3.63) is 54.5 Å². The van der Waals surface area contributed by atoms with Crippen LogP contribution in [0.1, 0.15) is 207 Å². The molecule has 3 aromatic rings. The second-order valence-electron chi connectivity index (χ2n) is 19.5. The number of aromatic nitrogens is 3. The number of unbranched alkanes of at least 4 members (excludes halogenated alkanes) is 20. The number of carbonyl (C=O) groups excluding carboxylic acids is 3. The number of para-hydroxylation sites is 1. The van der Waals surface area contributed by atoms with E-state index in [0.29, 0.717) is 18.4 Å². The van der Waals surface area contributed by atoms with Gasteiger partial charge < -0.3 is 29.2 Å². The molecule has 0 bridgehead atoms. The predicted octanol–water partition coefficient (Wildman–Crippen LogP) is 12.8. The Balaban J connectivity index is 1.60. The van der Waals surface area contributed by atoms with Crippen LogP contribution in [0, 0.1) is 17.2 Å². The molecule has 2 aromatic heterocycles. The fraction of sp³-hybridized carbons (Fsp3) is 0.709. The number of anilines is 1. The van der Waals surface area contributed by atoms with Crippen LogP contribution in [0.4, 0.5) is 5.82 Å². The Kier molecular flexibility index (Phi) is 27.8. The lowest BCUT2D eigenvalue weighted by molar-refractivity contribution is -0.169. The van der Waals surface area contributed by atoms with Gasteiger partial charge in [0.15, 0.2) is 18.0 Å². The van der Waals surface area contributed by atoms with Gasteiger partial charge in [0.1, 0.15) is 35.8 Å². The Morgan fingerprint density at radius 2 is 1.31 bits per heavy atom. The van der Waals surface area contributed by atoms with Crippen molar-refractivity contribution in [1.29, 1.82) is 5.26 Å². The van der Waals surface area contributed by atoms with Crippen LogP contribution in [0.2, 0.25) is 0 Å². The van der Waals surface area contributed by atoms with Crippen LogP contribution in [0.5, 0.6) is 5.75 Å². The third-order valence-electron chi connectivity index (χ3n) is 13.6. The second-order valence-corrected chi connectivity index (χ2v) is 21.2. The van der Waals surface area contributed by atoms with Crippen LogP contribution in [-0.2, 0) is 48.0 Å². The lowest BCUT2D eigenvalue weighted by atomic mass is 9.92. The van der Waals surface area contributed by atoms with Gasteiger partial charge in [-0.15, -0.1) is 0 Å². The van der Waals surface area contributed by atoms with Crippen molar-refractivity contribution in [2.24, 2.45) is 5.92 Å². The third kappa shape index (κ3) is 19.7. The first-order chi connectivity index (χ1) is 34.9. The quantitative estimate of drug-likeness (QED) is 0.0235. The molecular formula is C55H87N6O10P. The van der Waals surface area contributed by atoms with Crippen LogP contribution in [0.25, 0.3) is 5.52 Å². The number of nitrogen functional groups attached to an aromatic ring is 1. The molecule has 17 heteroatoms. The molecule has 4 rings (SSSR count). The highest BCUT2D eigenvalue weighted by atomic mass is 31.2. The van der Waals surface area contributed by atoms with Crippen molar-refractivity contribution in [2.45, 2.75) is 232 Å². The van der Waals surface area contributed by atoms with Crippen LogP contribution >= 0.6 is 7.75 Å². The molecule has 3 N–H and O–H groups in total. The van der Waals surface area contributed by atoms with Crippen LogP contribution in [0.15, 0.2) is 48.8 Å². The van der Waals surface area contributed by atoms with Crippen molar-refractivity contribution < 1.29 is 46.9 Å². The first-order valence-electron chi connectivity index (χ1n) is 27.4. The monoisotopic (exact) mass is 1020 g/mol. The smallest absolute Gasteiger partial charge is 0.459 e. The number of fused-ring (bicyclic) bond motifs is 1. The number of benzene rings is 1. The summed E-state index contributed by atoms with van der Waals surface area (Å²) in [5, 5.41) is 18.4. The molecule has 0 amide bonds. The fourth-order valence-corrected chi connectivity index (χ4v) is 10.6. The van der Waals surface area contributed by atoms with Gasteiger partial charge in [0.05, 0.1) is 18.9 Å². The molecule has 3 heterocycles. The Bertz CT molecular complexity index is 2110. The Morgan fingerprint density at radius 1 is 0.778 bits per heavy atom. The van der Waals surface area contributed by atoms with E-state index in [1.54, 1.807) is 42.5 Å². The normalized spacial score (nSPS) is 18.9. The minimum Gasteiger partial charge on any atom is -0.464 e. The van der Waals surface area contributed by atoms with Crippen molar-refractivity contribution >= 4 is 37.0 Å². The number of nitrogens with zero attached hydrogens (tertiary/aromatic N) is 4. The summed E-state index contributed by atoms with van der Waals surface area (Å²) in [5.41, 5.74) is 4.58. The number of hydrogen-bond donors (Lipinski definition) is 2. The summed E-state index contributed by atoms with van der Waals surface area (Å²) in [4.78, 5) is 45.3. The molecule has 1 aromatic carbocycles. The lowest BCUT2D eigenvalue weighted by Gasteiger charge is -2.28. The first-order valence-corrected chi connectivity index (χ1v) is 29.0. The molecule has 402 valence electrons. The molecule has 0 spiro atoms. The van der Waals surface area contributed by atoms with Gasteiger partial charge in [-0.3, -0.25) is 18.9 Å². The lowest BCUT2D eigenvalue weighted by Crippen LogP contribution is -2.46. The van der Waals surface area contributed by atoms with Gasteiger partial charge >= 0.3 is 25.7 Å². The molecule has 1 unspecified atom stereocenters. The number of rotatable bonds is 39. The topological polar surface area (TPSA) is 216 Å². The number of ether oxygens (including phenoxy) is 4. The van der Waals surface area contributed by atoms with E-state index in [2.05, 4.69) is 35.1 Å². The molecule has 0 aliphatic carbocycles. The first kappa shape index (κ1) is 60.0. The van der Waals surface area contributed by atoms with E-state index in [4.69, 9.17) is 33.7 Å². The van der Waals surface area contributed by atoms with Crippen molar-refractivity contribution in [3.8, 4) is 11.8 Å². The second kappa shape index (κ2) is 33.3. The highest BCUT2D eigenvalue weighted by Gasteiger charge is 2.63. The molecule has 16 nitrogen and oxygen atoms in total. The number of esters is 3. The van der Waals surface area contributed by atoms with Crippen molar-refractivity contribution in [2.75, 3.05) is 18.9 Å². The van der Waals surface area contributed by atoms with Crippen LogP contribution < -0.4 is 15.3 Å². The molecule has 0 saturated carbocycles. The molecule has 72 heavy (non-hydrogen) atoms. The summed E-state index contributed by atoms with van der Waals surface area (Å²) in [6.45, 7) is 9.53. The van der Waals surface area contributed by atoms with Gasteiger partial charge in [0, 0.05) is 12.8 Å². The number of nitriles is 1. The third-order valence-corrected chi connectivity index (χ3v) is 15.3. The van der Waals surface area contributed by atoms with E-state index in [9.17, 15) is 24.2 Å². The number of nitrogens with two attached hydrogens (primary N) is 1. The number of hydrogen-bond acceptors (Lipinski definition) is 14. The number of carbonyl (C=O) groups is 3. The summed E-state index contributed by atoms with van der Waals surface area (Å²) in [5.74, 6) is -1.41. The molecule has 6 atom stereocenters. The Morgan fingerprint density at radius 3 is 1.83 bits per heavy atom. The highest BCUT2D eigenvalue weighted by molar-refractivity contribution is 7.52. The van der Waals surface area contributed by atoms with Gasteiger partial charge in [-0.05, 0) is 49.9 Å². The summed E-state index contributed by atoms with van der Waals surface area (Å²) in [7, 11) is -4.51. The van der Waals surface area contributed by atoms with Crippen LogP contribution in [-0.4, -0.2) is 70.1 Å². The van der Waals surface area contributed by atoms with Gasteiger partial charge in [-0.2, -0.15) is 15.4 Å². The summed E-state index contributed by atoms with van der Waals surface area (Å²) >= 11 is 0. The molecule has 0 radical (unpaired) electrons. The average molecular weight is 1020 g/mol. The van der Waals surface area contributed by atoms with Crippen molar-refractivity contribution in [3.63, 3.8) is 0 Å². The van der Waals surface area contributed by atoms with Gasteiger partial charge in [0.2, 0.25) is 5.60 Å². The maximum absolute atomic E-state index is 14.9. The van der Waals surface area contributed by atoms with Gasteiger partial charge in [-0.25, -0.2) is 14.1 Å². The minimum atomic E-state index is -4.51. The maximum atomic E-state index is 14.9. The van der Waals surface area contributed by atoms with E-state index in [0.717, 1.165) is 64.2 Å². The average Bonchev–Trinajstić information content (AvgIpc) is 3.94. The molecule has 1 aliphatic heterocycles. The maximum Gasteiger partial charge on any atom is 0.459 e. The highest BCUT2D eigenvalue weighted by Crippen LogP contribution is 2.49. The van der Waals surface area contributed by atoms with Crippen LogP contribution in [0.3, 0.4) is 0 Å². The van der Waals surface area contributed by atoms with Crippen molar-refractivity contribution in [1.82, 2.24) is 19.7 Å². The zero-order valence-electron chi connectivity index (χ0n) is 44.2. The molecule has 1 saturated heterocycles. The van der Waals surface area contributed by atoms with Gasteiger partial charge in [0.25, 0.3) is 0 Å². The molecule has 1 aliphatic rings. The van der Waals surface area contributed by atoms with E-state index in [-0.39, 0.29) is 42.6 Å². The zero-order chi connectivity index (χ0) is 52.0. The van der Waals surface area contributed by atoms with E-state index < -0.39 is 62.2 Å². The molecular weight excluding hydrogens is 936 g/mol.